The van der Waals surface area contributed by atoms with Gasteiger partial charge in [-0.25, -0.2) is 0 Å². The number of ketones is 2. The SMILES string of the molecule is CCN1C(=O)[C@H]2[C@H](CC=C3[C@H](c4c(O)ccc5ccccc45)C4=C(C[C@H]32)C(=O)C(Br)=CC4=O)C1=O. The van der Waals surface area contributed by atoms with Crippen molar-refractivity contribution in [1.82, 2.24) is 4.90 Å². The maximum Gasteiger partial charge on any atom is 0.233 e. The molecule has 4 aliphatic rings. The smallest absolute Gasteiger partial charge is 0.233 e. The van der Waals surface area contributed by atoms with Crippen molar-refractivity contribution in [2.75, 3.05) is 6.54 Å². The first-order valence-electron chi connectivity index (χ1n) is 11.8. The maximum absolute atomic E-state index is 13.4. The van der Waals surface area contributed by atoms with Crippen LogP contribution in [-0.4, -0.2) is 39.9 Å². The Labute approximate surface area is 210 Å². The molecule has 0 spiro atoms. The summed E-state index contributed by atoms with van der Waals surface area (Å²) in [5.74, 6) is -3.05. The van der Waals surface area contributed by atoms with Crippen LogP contribution in [0.1, 0.15) is 31.2 Å². The number of phenols is 1. The van der Waals surface area contributed by atoms with E-state index in [4.69, 9.17) is 0 Å². The van der Waals surface area contributed by atoms with Crippen LogP contribution in [0.4, 0.5) is 0 Å². The molecule has 6 rings (SSSR count). The number of benzene rings is 2. The Morgan fingerprint density at radius 1 is 1.03 bits per heavy atom. The number of allylic oxidation sites excluding steroid dienone is 6. The first-order chi connectivity index (χ1) is 16.8. The van der Waals surface area contributed by atoms with E-state index in [0.717, 1.165) is 16.3 Å². The summed E-state index contributed by atoms with van der Waals surface area (Å²) in [5, 5.41) is 12.8. The molecule has 2 aromatic rings. The average Bonchev–Trinajstić information content (AvgIpc) is 3.10. The Kier molecular flexibility index (Phi) is 4.97. The van der Waals surface area contributed by atoms with Crippen LogP contribution in [-0.2, 0) is 19.2 Å². The number of hydrogen-bond donors (Lipinski definition) is 1. The first-order valence-corrected chi connectivity index (χ1v) is 12.6. The van der Waals surface area contributed by atoms with Gasteiger partial charge in [0.25, 0.3) is 0 Å². The van der Waals surface area contributed by atoms with Gasteiger partial charge in [-0.05, 0) is 58.5 Å². The fourth-order valence-corrected chi connectivity index (χ4v) is 6.95. The first kappa shape index (κ1) is 22.2. The average molecular weight is 532 g/mol. The number of amides is 2. The van der Waals surface area contributed by atoms with E-state index in [9.17, 15) is 24.3 Å². The van der Waals surface area contributed by atoms with Gasteiger partial charge >= 0.3 is 0 Å². The second-order valence-electron chi connectivity index (χ2n) is 9.53. The standard InChI is InChI=1S/C28H22BrNO5/c1-2-30-27(34)16-9-8-15-17(22(16)28(30)35)11-18-24(21(32)12-19(29)26(18)33)25(15)23-14-6-4-3-5-13(14)7-10-20(23)31/h3-8,10,12,16-17,22,25,31H,2,9,11H2,1H3/t16-,17+,22-,25+/m0/s1. The highest BCUT2D eigenvalue weighted by Gasteiger charge is 2.56. The third kappa shape index (κ3) is 3.00. The third-order valence-corrected chi connectivity index (χ3v) is 8.56. The molecule has 2 amide bonds. The summed E-state index contributed by atoms with van der Waals surface area (Å²) in [7, 11) is 0. The molecule has 0 unspecified atom stereocenters. The second-order valence-corrected chi connectivity index (χ2v) is 10.4. The summed E-state index contributed by atoms with van der Waals surface area (Å²) in [6.07, 6.45) is 3.88. The summed E-state index contributed by atoms with van der Waals surface area (Å²) in [6, 6.07) is 11.0. The Morgan fingerprint density at radius 2 is 1.80 bits per heavy atom. The van der Waals surface area contributed by atoms with Crippen LogP contribution in [0.3, 0.4) is 0 Å². The Morgan fingerprint density at radius 3 is 2.57 bits per heavy atom. The van der Waals surface area contributed by atoms with E-state index in [1.54, 1.807) is 13.0 Å². The molecular weight excluding hydrogens is 510 g/mol. The molecule has 0 radical (unpaired) electrons. The van der Waals surface area contributed by atoms with E-state index in [0.29, 0.717) is 29.7 Å². The number of hydrogen-bond acceptors (Lipinski definition) is 5. The quantitative estimate of drug-likeness (QED) is 0.353. The molecule has 2 aromatic carbocycles. The van der Waals surface area contributed by atoms with Crippen LogP contribution in [0.5, 0.6) is 5.75 Å². The molecule has 35 heavy (non-hydrogen) atoms. The summed E-state index contributed by atoms with van der Waals surface area (Å²) in [6.45, 7) is 2.09. The molecule has 7 heteroatoms. The number of carbonyl (C=O) groups is 4. The molecule has 4 atom stereocenters. The lowest BCUT2D eigenvalue weighted by atomic mass is 9.59. The normalized spacial score (nSPS) is 28.1. The van der Waals surface area contributed by atoms with Gasteiger partial charge in [0.05, 0.1) is 16.3 Å². The second kappa shape index (κ2) is 7.85. The number of likely N-dealkylation sites (tertiary alicyclic amines) is 1. The number of rotatable bonds is 2. The largest absolute Gasteiger partial charge is 0.508 e. The molecule has 6 nitrogen and oxygen atoms in total. The van der Waals surface area contributed by atoms with Gasteiger partial charge in [0, 0.05) is 35.2 Å². The van der Waals surface area contributed by atoms with Crippen LogP contribution >= 0.6 is 15.9 Å². The van der Waals surface area contributed by atoms with Gasteiger partial charge in [-0.15, -0.1) is 0 Å². The predicted octanol–water partition coefficient (Wildman–Crippen LogP) is 4.33. The molecule has 0 bridgehead atoms. The minimum atomic E-state index is -0.678. The zero-order valence-electron chi connectivity index (χ0n) is 19.0. The molecule has 1 heterocycles. The summed E-state index contributed by atoms with van der Waals surface area (Å²) < 4.78 is 0.186. The van der Waals surface area contributed by atoms with Crippen molar-refractivity contribution in [2.24, 2.45) is 17.8 Å². The lowest BCUT2D eigenvalue weighted by Gasteiger charge is -2.42. The number of phenolic OH excluding ortho intramolecular Hbond substituents is 1. The van der Waals surface area contributed by atoms with E-state index in [1.165, 1.54) is 11.0 Å². The fraction of sp³-hybridized carbons (Fsp3) is 0.286. The summed E-state index contributed by atoms with van der Waals surface area (Å²) >= 11 is 3.24. The Balaban J connectivity index is 1.62. The highest BCUT2D eigenvalue weighted by atomic mass is 79.9. The highest BCUT2D eigenvalue weighted by molar-refractivity contribution is 9.12. The van der Waals surface area contributed by atoms with Crippen LogP contribution in [0, 0.1) is 17.8 Å². The molecule has 1 fully saturated rings. The monoisotopic (exact) mass is 531 g/mol. The van der Waals surface area contributed by atoms with Gasteiger partial charge in [-0.3, -0.25) is 24.1 Å². The molecule has 3 aliphatic carbocycles. The van der Waals surface area contributed by atoms with Crippen molar-refractivity contribution < 1.29 is 24.3 Å². The topological polar surface area (TPSA) is 91.8 Å². The minimum Gasteiger partial charge on any atom is -0.508 e. The predicted molar refractivity (Wildman–Crippen MR) is 133 cm³/mol. The maximum atomic E-state index is 13.4. The molecule has 1 saturated heterocycles. The van der Waals surface area contributed by atoms with Crippen molar-refractivity contribution in [2.45, 2.75) is 25.7 Å². The molecular formula is C28H22BrNO5. The number of imide groups is 1. The van der Waals surface area contributed by atoms with Gasteiger partial charge in [0.1, 0.15) is 5.75 Å². The van der Waals surface area contributed by atoms with Crippen LogP contribution in [0.15, 0.2) is 69.8 Å². The van der Waals surface area contributed by atoms with E-state index >= 15 is 0 Å². The van der Waals surface area contributed by atoms with Crippen molar-refractivity contribution in [3.8, 4) is 5.75 Å². The Hall–Kier alpha value is -3.32. The number of carbonyl (C=O) groups excluding carboxylic acids is 4. The van der Waals surface area contributed by atoms with Gasteiger partial charge in [-0.1, -0.05) is 42.0 Å². The number of halogens is 1. The Bertz CT molecular complexity index is 1460. The van der Waals surface area contributed by atoms with E-state index in [1.807, 2.05) is 36.4 Å². The number of aromatic hydroxyl groups is 1. The van der Waals surface area contributed by atoms with Crippen molar-refractivity contribution in [3.05, 3.63) is 75.3 Å². The third-order valence-electron chi connectivity index (χ3n) is 7.98. The van der Waals surface area contributed by atoms with E-state index < -0.39 is 23.7 Å². The molecule has 1 aliphatic heterocycles. The number of nitrogens with zero attached hydrogens (tertiary/aromatic N) is 1. The minimum absolute atomic E-state index is 0.0297. The molecule has 0 saturated carbocycles. The van der Waals surface area contributed by atoms with Crippen molar-refractivity contribution >= 4 is 50.1 Å². The molecule has 1 N–H and O–H groups in total. The van der Waals surface area contributed by atoms with E-state index in [2.05, 4.69) is 15.9 Å². The molecule has 0 aromatic heterocycles. The lowest BCUT2D eigenvalue weighted by Crippen LogP contribution is -2.39. The van der Waals surface area contributed by atoms with Crippen molar-refractivity contribution in [1.29, 1.82) is 0 Å². The summed E-state index contributed by atoms with van der Waals surface area (Å²) in [4.78, 5) is 54.3. The van der Waals surface area contributed by atoms with Gasteiger partial charge in [0.15, 0.2) is 11.6 Å². The number of fused-ring (bicyclic) bond motifs is 4. The fourth-order valence-electron chi connectivity index (χ4n) is 6.50. The zero-order chi connectivity index (χ0) is 24.6. The van der Waals surface area contributed by atoms with E-state index in [-0.39, 0.29) is 40.0 Å². The van der Waals surface area contributed by atoms with Crippen LogP contribution in [0.2, 0.25) is 0 Å². The zero-order valence-corrected chi connectivity index (χ0v) is 20.5. The van der Waals surface area contributed by atoms with Gasteiger partial charge in [-0.2, -0.15) is 0 Å². The summed E-state index contributed by atoms with van der Waals surface area (Å²) in [5.41, 5.74) is 2.11. The van der Waals surface area contributed by atoms with Gasteiger partial charge in [0.2, 0.25) is 11.8 Å². The molecule has 176 valence electrons. The van der Waals surface area contributed by atoms with Crippen LogP contribution in [0.25, 0.3) is 10.8 Å². The number of Topliss-reactive ketones (excluding diaryl/α,β-unsaturated/α-hetero) is 1. The lowest BCUT2D eigenvalue weighted by molar-refractivity contribution is -0.139. The highest BCUT2D eigenvalue weighted by Crippen LogP contribution is 2.57. The van der Waals surface area contributed by atoms with Crippen molar-refractivity contribution in [3.63, 3.8) is 0 Å². The van der Waals surface area contributed by atoms with Gasteiger partial charge < -0.3 is 5.11 Å². The van der Waals surface area contributed by atoms with Crippen LogP contribution < -0.4 is 0 Å².